The molecule has 2 aliphatic heterocycles. The molecule has 6 nitrogen and oxygen atoms in total. The molecule has 0 saturated carbocycles. The highest BCUT2D eigenvalue weighted by Gasteiger charge is 2.36. The molecule has 2 unspecified atom stereocenters. The number of hydrogen-bond donors (Lipinski definition) is 1. The number of aromatic nitrogens is 3. The summed E-state index contributed by atoms with van der Waals surface area (Å²) in [6, 6.07) is 3.36. The number of amides is 1. The molecular weight excluding hydrogens is 302 g/mol. The van der Waals surface area contributed by atoms with Crippen LogP contribution in [0.25, 0.3) is 11.0 Å². The predicted octanol–water partition coefficient (Wildman–Crippen LogP) is 2.02. The fourth-order valence-corrected chi connectivity index (χ4v) is 4.42. The molecule has 2 aliphatic rings. The summed E-state index contributed by atoms with van der Waals surface area (Å²) in [6.07, 6.45) is 7.67. The van der Waals surface area contributed by atoms with Crippen molar-refractivity contribution in [2.45, 2.75) is 57.2 Å². The molecule has 1 amide bonds. The van der Waals surface area contributed by atoms with E-state index in [1.807, 2.05) is 20.0 Å². The second-order valence-corrected chi connectivity index (χ2v) is 7.36. The lowest BCUT2D eigenvalue weighted by atomic mass is 9.82. The molecule has 6 heteroatoms. The number of piperidine rings is 2. The van der Waals surface area contributed by atoms with Crippen molar-refractivity contribution < 1.29 is 4.79 Å². The van der Waals surface area contributed by atoms with Gasteiger partial charge in [0.25, 0.3) is 5.91 Å². The Hall–Kier alpha value is -1.95. The van der Waals surface area contributed by atoms with Gasteiger partial charge in [-0.2, -0.15) is 5.10 Å². The highest BCUT2D eigenvalue weighted by atomic mass is 16.1. The lowest BCUT2D eigenvalue weighted by Gasteiger charge is -2.47. The first-order valence-electron chi connectivity index (χ1n) is 8.85. The molecule has 4 heterocycles. The highest BCUT2D eigenvalue weighted by molar-refractivity contribution is 6.05. The topological polar surface area (TPSA) is 63.1 Å². The van der Waals surface area contributed by atoms with Crippen molar-refractivity contribution in [1.82, 2.24) is 25.0 Å². The molecule has 0 aromatic carbocycles. The fraction of sp³-hybridized carbons (Fsp3) is 0.611. The largest absolute Gasteiger partial charge is 0.349 e. The van der Waals surface area contributed by atoms with Gasteiger partial charge in [-0.25, -0.2) is 4.98 Å². The monoisotopic (exact) mass is 327 g/mol. The minimum atomic E-state index is 0.00567. The Kier molecular flexibility index (Phi) is 3.79. The molecule has 2 saturated heterocycles. The molecule has 1 N–H and O–H groups in total. The number of carbonyl (C=O) groups excluding carboxylic acids is 1. The summed E-state index contributed by atoms with van der Waals surface area (Å²) in [7, 11) is 4.09. The summed E-state index contributed by atoms with van der Waals surface area (Å²) in [5, 5.41) is 8.36. The molecule has 2 bridgehead atoms. The smallest absolute Gasteiger partial charge is 0.252 e. The molecule has 2 aromatic heterocycles. The molecule has 2 atom stereocenters. The second-order valence-electron chi connectivity index (χ2n) is 7.36. The Balaban J connectivity index is 1.57. The fourth-order valence-electron chi connectivity index (χ4n) is 4.42. The number of carbonyl (C=O) groups is 1. The third-order valence-corrected chi connectivity index (χ3v) is 5.75. The van der Waals surface area contributed by atoms with E-state index in [1.54, 1.807) is 10.9 Å². The molecule has 2 fully saturated rings. The van der Waals surface area contributed by atoms with Crippen LogP contribution >= 0.6 is 0 Å². The minimum Gasteiger partial charge on any atom is -0.349 e. The number of aryl methyl sites for hydroxylation is 2. The van der Waals surface area contributed by atoms with Crippen molar-refractivity contribution in [3.05, 3.63) is 23.5 Å². The predicted molar refractivity (Wildman–Crippen MR) is 92.9 cm³/mol. The van der Waals surface area contributed by atoms with E-state index in [0.29, 0.717) is 17.6 Å². The van der Waals surface area contributed by atoms with Crippen LogP contribution in [-0.2, 0) is 7.05 Å². The first-order chi connectivity index (χ1) is 11.5. The van der Waals surface area contributed by atoms with Crippen LogP contribution in [0.4, 0.5) is 0 Å². The first-order valence-corrected chi connectivity index (χ1v) is 8.85. The summed E-state index contributed by atoms with van der Waals surface area (Å²) in [5.74, 6) is 0.00567. The van der Waals surface area contributed by atoms with E-state index in [0.717, 1.165) is 29.6 Å². The first kappa shape index (κ1) is 15.6. The quantitative estimate of drug-likeness (QED) is 0.917. The van der Waals surface area contributed by atoms with Crippen molar-refractivity contribution in [2.75, 3.05) is 7.05 Å². The van der Waals surface area contributed by atoms with E-state index in [2.05, 4.69) is 27.3 Å². The van der Waals surface area contributed by atoms with Gasteiger partial charge in [0.2, 0.25) is 0 Å². The maximum Gasteiger partial charge on any atom is 0.252 e. The van der Waals surface area contributed by atoms with Gasteiger partial charge in [-0.3, -0.25) is 9.48 Å². The van der Waals surface area contributed by atoms with Crippen molar-refractivity contribution >= 4 is 16.9 Å². The average molecular weight is 327 g/mol. The van der Waals surface area contributed by atoms with Crippen LogP contribution in [0.5, 0.6) is 0 Å². The zero-order chi connectivity index (χ0) is 16.8. The Morgan fingerprint density at radius 2 is 1.96 bits per heavy atom. The van der Waals surface area contributed by atoms with Gasteiger partial charge >= 0.3 is 0 Å². The lowest BCUT2D eigenvalue weighted by molar-refractivity contribution is 0.0463. The minimum absolute atomic E-state index is 0.00567. The van der Waals surface area contributed by atoms with Gasteiger partial charge in [0, 0.05) is 30.9 Å². The SMILES string of the molecule is Cc1cc(C(=O)NC2CC3CCCC(C2)N3C)c2cnn(C)c2n1. The van der Waals surface area contributed by atoms with Gasteiger partial charge in [-0.05, 0) is 45.7 Å². The molecule has 128 valence electrons. The van der Waals surface area contributed by atoms with E-state index in [1.165, 1.54) is 19.3 Å². The summed E-state index contributed by atoms with van der Waals surface area (Å²) in [5.41, 5.74) is 2.30. The Morgan fingerprint density at radius 3 is 2.67 bits per heavy atom. The zero-order valence-corrected chi connectivity index (χ0v) is 14.6. The van der Waals surface area contributed by atoms with E-state index < -0.39 is 0 Å². The Labute approximate surface area is 142 Å². The lowest BCUT2D eigenvalue weighted by Crippen LogP contribution is -2.55. The summed E-state index contributed by atoms with van der Waals surface area (Å²) >= 11 is 0. The van der Waals surface area contributed by atoms with Crippen molar-refractivity contribution in [3.8, 4) is 0 Å². The Bertz CT molecular complexity index is 769. The van der Waals surface area contributed by atoms with Crippen LogP contribution in [0.15, 0.2) is 12.3 Å². The van der Waals surface area contributed by atoms with Crippen LogP contribution in [0.3, 0.4) is 0 Å². The molecule has 24 heavy (non-hydrogen) atoms. The number of pyridine rings is 1. The third-order valence-electron chi connectivity index (χ3n) is 5.75. The van der Waals surface area contributed by atoms with Gasteiger partial charge in [0.05, 0.1) is 17.1 Å². The van der Waals surface area contributed by atoms with Crippen LogP contribution < -0.4 is 5.32 Å². The van der Waals surface area contributed by atoms with E-state index in [-0.39, 0.29) is 11.9 Å². The molecule has 4 rings (SSSR count). The van der Waals surface area contributed by atoms with Gasteiger partial charge in [-0.15, -0.1) is 0 Å². The standard InChI is InChI=1S/C18H25N5O/c1-11-7-15(16-10-19-23(3)17(16)20-11)18(24)21-12-8-13-5-4-6-14(9-12)22(13)2/h7,10,12-14H,4-6,8-9H2,1-3H3,(H,21,24). The van der Waals surface area contributed by atoms with Crippen molar-refractivity contribution in [1.29, 1.82) is 0 Å². The van der Waals surface area contributed by atoms with Gasteiger partial charge in [0.1, 0.15) is 0 Å². The molecule has 0 aliphatic carbocycles. The summed E-state index contributed by atoms with van der Waals surface area (Å²) < 4.78 is 1.72. The molecule has 0 spiro atoms. The van der Waals surface area contributed by atoms with Crippen molar-refractivity contribution in [2.24, 2.45) is 7.05 Å². The second kappa shape index (κ2) is 5.84. The van der Waals surface area contributed by atoms with Crippen molar-refractivity contribution in [3.63, 3.8) is 0 Å². The van der Waals surface area contributed by atoms with Crippen LogP contribution in [0.2, 0.25) is 0 Å². The van der Waals surface area contributed by atoms with Gasteiger partial charge in [0.15, 0.2) is 5.65 Å². The summed E-state index contributed by atoms with van der Waals surface area (Å²) in [6.45, 7) is 1.92. The van der Waals surface area contributed by atoms with E-state index >= 15 is 0 Å². The highest BCUT2D eigenvalue weighted by Crippen LogP contribution is 2.32. The van der Waals surface area contributed by atoms with Gasteiger partial charge in [-0.1, -0.05) is 6.42 Å². The maximum absolute atomic E-state index is 12.9. The number of nitrogens with zero attached hydrogens (tertiary/aromatic N) is 4. The Morgan fingerprint density at radius 1 is 1.25 bits per heavy atom. The summed E-state index contributed by atoms with van der Waals surface area (Å²) in [4.78, 5) is 19.9. The van der Waals surface area contributed by atoms with E-state index in [4.69, 9.17) is 0 Å². The number of hydrogen-bond acceptors (Lipinski definition) is 4. The number of nitrogens with one attached hydrogen (secondary N) is 1. The number of fused-ring (bicyclic) bond motifs is 3. The normalized spacial score (nSPS) is 27.4. The van der Waals surface area contributed by atoms with Crippen LogP contribution in [0.1, 0.15) is 48.2 Å². The molecule has 0 radical (unpaired) electrons. The molecule has 2 aromatic rings. The zero-order valence-electron chi connectivity index (χ0n) is 14.6. The van der Waals surface area contributed by atoms with E-state index in [9.17, 15) is 4.79 Å². The third kappa shape index (κ3) is 2.59. The number of rotatable bonds is 2. The maximum atomic E-state index is 12.9. The average Bonchev–Trinajstić information content (AvgIpc) is 2.89. The van der Waals surface area contributed by atoms with Gasteiger partial charge < -0.3 is 10.2 Å². The molecular formula is C18H25N5O. The van der Waals surface area contributed by atoms with Crippen LogP contribution in [-0.4, -0.2) is 50.7 Å². The van der Waals surface area contributed by atoms with Crippen LogP contribution in [0, 0.1) is 6.92 Å².